The van der Waals surface area contributed by atoms with E-state index in [0.717, 1.165) is 4.90 Å². The minimum Gasteiger partial charge on any atom is -0.351 e. The maximum atomic E-state index is 12.5. The molecule has 3 rings (SSSR count). The number of nitrogens with zero attached hydrogens (tertiary/aromatic N) is 3. The third-order valence-corrected chi connectivity index (χ3v) is 5.66. The highest BCUT2D eigenvalue weighted by atomic mass is 32.2. The molecular formula is C23H28N4O3S. The van der Waals surface area contributed by atoms with Gasteiger partial charge in [-0.1, -0.05) is 29.1 Å². The number of aromatic nitrogens is 3. The Morgan fingerprint density at radius 3 is 2.48 bits per heavy atom. The monoisotopic (exact) mass is 440 g/mol. The molecular weight excluding hydrogens is 412 g/mol. The van der Waals surface area contributed by atoms with Crippen molar-refractivity contribution < 1.29 is 14.3 Å². The first kappa shape index (κ1) is 23.0. The van der Waals surface area contributed by atoms with Crippen LogP contribution in [0.5, 0.6) is 0 Å². The number of carbonyl (C=O) groups is 1. The fourth-order valence-electron chi connectivity index (χ4n) is 2.92. The van der Waals surface area contributed by atoms with E-state index in [-0.39, 0.29) is 11.6 Å². The van der Waals surface area contributed by atoms with Crippen LogP contribution in [0.15, 0.2) is 58.5 Å². The van der Waals surface area contributed by atoms with Gasteiger partial charge in [-0.15, -0.1) is 5.10 Å². The molecule has 0 unspecified atom stereocenters. The van der Waals surface area contributed by atoms with Crippen LogP contribution < -0.4 is 5.32 Å². The minimum atomic E-state index is -0.422. The largest absolute Gasteiger partial charge is 0.351 e. The highest BCUT2D eigenvalue weighted by molar-refractivity contribution is 7.99. The van der Waals surface area contributed by atoms with Crippen molar-refractivity contribution in [2.45, 2.75) is 50.3 Å². The molecule has 0 aliphatic heterocycles. The maximum absolute atomic E-state index is 12.5. The summed E-state index contributed by atoms with van der Waals surface area (Å²) < 4.78 is 12.6. The molecule has 0 bridgehead atoms. The smallest absolute Gasteiger partial charge is 0.277 e. The molecule has 31 heavy (non-hydrogen) atoms. The Morgan fingerprint density at radius 1 is 1.10 bits per heavy atom. The van der Waals surface area contributed by atoms with Gasteiger partial charge in [0.05, 0.1) is 12.7 Å². The van der Waals surface area contributed by atoms with E-state index < -0.39 is 6.29 Å². The van der Waals surface area contributed by atoms with E-state index in [4.69, 9.17) is 9.47 Å². The number of amides is 1. The molecule has 164 valence electrons. The zero-order valence-corrected chi connectivity index (χ0v) is 19.1. The molecule has 0 spiro atoms. The maximum Gasteiger partial charge on any atom is 0.277 e. The molecule has 0 fully saturated rings. The second kappa shape index (κ2) is 11.1. The van der Waals surface area contributed by atoms with Gasteiger partial charge in [0.2, 0.25) is 0 Å². The first-order chi connectivity index (χ1) is 15.0. The minimum absolute atomic E-state index is 0.237. The van der Waals surface area contributed by atoms with E-state index in [1.165, 1.54) is 16.0 Å². The predicted molar refractivity (Wildman–Crippen MR) is 121 cm³/mol. The fraction of sp³-hybridized carbons (Fsp3) is 0.348. The number of nitrogens with one attached hydrogen (secondary N) is 1. The highest BCUT2D eigenvalue weighted by Gasteiger charge is 2.15. The van der Waals surface area contributed by atoms with Crippen LogP contribution in [-0.2, 0) is 16.0 Å². The molecule has 8 heteroatoms. The molecule has 1 aromatic heterocycles. The SMILES string of the molecule is CCOC(Cn1cc(C(=O)Nc2ccc(Sc3cc(C)ccc3C)cc2)nn1)OCC. The zero-order chi connectivity index (χ0) is 22.2. The summed E-state index contributed by atoms with van der Waals surface area (Å²) >= 11 is 1.71. The van der Waals surface area contributed by atoms with E-state index in [2.05, 4.69) is 47.7 Å². The summed E-state index contributed by atoms with van der Waals surface area (Å²) in [6.45, 7) is 9.43. The second-order valence-corrected chi connectivity index (χ2v) is 8.13. The zero-order valence-electron chi connectivity index (χ0n) is 18.3. The average molecular weight is 441 g/mol. The molecule has 0 radical (unpaired) electrons. The van der Waals surface area contributed by atoms with Crippen molar-refractivity contribution in [2.75, 3.05) is 18.5 Å². The lowest BCUT2D eigenvalue weighted by Gasteiger charge is -2.16. The van der Waals surface area contributed by atoms with E-state index in [1.807, 2.05) is 38.1 Å². The standard InChI is InChI=1S/C23H28N4O3S/c1-5-29-22(30-6-2)15-27-14-20(25-26-27)23(28)24-18-9-11-19(12-10-18)31-21-13-16(3)7-8-17(21)4/h7-14,22H,5-6,15H2,1-4H3,(H,24,28). The number of hydrogen-bond acceptors (Lipinski definition) is 6. The normalized spacial score (nSPS) is 11.1. The number of aryl methyl sites for hydroxylation is 2. The van der Waals surface area contributed by atoms with Crippen LogP contribution in [0, 0.1) is 13.8 Å². The van der Waals surface area contributed by atoms with Gasteiger partial charge >= 0.3 is 0 Å². The van der Waals surface area contributed by atoms with Crippen LogP contribution in [0.3, 0.4) is 0 Å². The van der Waals surface area contributed by atoms with E-state index in [0.29, 0.717) is 25.4 Å². The molecule has 1 N–H and O–H groups in total. The van der Waals surface area contributed by atoms with Gasteiger partial charge in [-0.3, -0.25) is 4.79 Å². The Hall–Kier alpha value is -2.68. The molecule has 0 aliphatic rings. The van der Waals surface area contributed by atoms with E-state index >= 15 is 0 Å². The molecule has 1 heterocycles. The average Bonchev–Trinajstić information content (AvgIpc) is 3.21. The van der Waals surface area contributed by atoms with Crippen molar-refractivity contribution in [1.82, 2.24) is 15.0 Å². The highest BCUT2D eigenvalue weighted by Crippen LogP contribution is 2.31. The van der Waals surface area contributed by atoms with Gasteiger partial charge in [-0.05, 0) is 69.2 Å². The summed E-state index contributed by atoms with van der Waals surface area (Å²) in [5.41, 5.74) is 3.41. The molecule has 0 saturated carbocycles. The predicted octanol–water partition coefficient (Wildman–Crippen LogP) is 4.70. The van der Waals surface area contributed by atoms with Crippen LogP contribution in [0.2, 0.25) is 0 Å². The van der Waals surface area contributed by atoms with Gasteiger partial charge < -0.3 is 14.8 Å². The first-order valence-corrected chi connectivity index (χ1v) is 11.1. The summed E-state index contributed by atoms with van der Waals surface area (Å²) in [5.74, 6) is -0.314. The summed E-state index contributed by atoms with van der Waals surface area (Å²) in [6, 6.07) is 14.2. The van der Waals surface area contributed by atoms with Crippen LogP contribution in [0.1, 0.15) is 35.5 Å². The van der Waals surface area contributed by atoms with Crippen LogP contribution in [-0.4, -0.2) is 40.4 Å². The Labute approximate surface area is 187 Å². The van der Waals surface area contributed by atoms with Gasteiger partial charge in [0, 0.05) is 28.7 Å². The van der Waals surface area contributed by atoms with Crippen molar-refractivity contribution in [1.29, 1.82) is 0 Å². The molecule has 3 aromatic rings. The number of benzene rings is 2. The van der Waals surface area contributed by atoms with Crippen LogP contribution >= 0.6 is 11.8 Å². The van der Waals surface area contributed by atoms with Crippen LogP contribution in [0.4, 0.5) is 5.69 Å². The van der Waals surface area contributed by atoms with Crippen molar-refractivity contribution in [3.63, 3.8) is 0 Å². The third-order valence-electron chi connectivity index (χ3n) is 4.50. The quantitative estimate of drug-likeness (QED) is 0.461. The van der Waals surface area contributed by atoms with Gasteiger partial charge in [0.15, 0.2) is 12.0 Å². The van der Waals surface area contributed by atoms with Gasteiger partial charge in [-0.2, -0.15) is 0 Å². The number of carbonyl (C=O) groups excluding carboxylic acids is 1. The third kappa shape index (κ3) is 6.65. The van der Waals surface area contributed by atoms with Crippen molar-refractivity contribution in [3.8, 4) is 0 Å². The lowest BCUT2D eigenvalue weighted by Crippen LogP contribution is -2.24. The summed E-state index contributed by atoms with van der Waals surface area (Å²) in [6.07, 6.45) is 1.17. The van der Waals surface area contributed by atoms with Crippen molar-refractivity contribution >= 4 is 23.4 Å². The number of hydrogen-bond donors (Lipinski definition) is 1. The Morgan fingerprint density at radius 2 is 1.81 bits per heavy atom. The molecule has 0 saturated heterocycles. The molecule has 0 aliphatic carbocycles. The molecule has 0 atom stereocenters. The molecule has 7 nitrogen and oxygen atoms in total. The molecule has 2 aromatic carbocycles. The number of anilines is 1. The van der Waals surface area contributed by atoms with Gasteiger partial charge in [0.25, 0.3) is 5.91 Å². The van der Waals surface area contributed by atoms with Crippen molar-refractivity contribution in [3.05, 3.63) is 65.5 Å². The lowest BCUT2D eigenvalue weighted by molar-refractivity contribution is -0.145. The van der Waals surface area contributed by atoms with E-state index in [1.54, 1.807) is 22.6 Å². The summed E-state index contributed by atoms with van der Waals surface area (Å²) in [7, 11) is 0. The van der Waals surface area contributed by atoms with Gasteiger partial charge in [0.1, 0.15) is 0 Å². The number of ether oxygens (including phenoxy) is 2. The fourth-order valence-corrected chi connectivity index (χ4v) is 3.92. The first-order valence-electron chi connectivity index (χ1n) is 10.3. The van der Waals surface area contributed by atoms with Gasteiger partial charge in [-0.25, -0.2) is 4.68 Å². The Kier molecular flexibility index (Phi) is 8.22. The van der Waals surface area contributed by atoms with E-state index in [9.17, 15) is 4.79 Å². The topological polar surface area (TPSA) is 78.3 Å². The van der Waals surface area contributed by atoms with Crippen molar-refractivity contribution in [2.24, 2.45) is 0 Å². The van der Waals surface area contributed by atoms with Crippen LogP contribution in [0.25, 0.3) is 0 Å². The molecule has 1 amide bonds. The Balaban J connectivity index is 1.59. The number of rotatable bonds is 10. The second-order valence-electron chi connectivity index (χ2n) is 7.02. The Bertz CT molecular complexity index is 998. The summed E-state index contributed by atoms with van der Waals surface area (Å²) in [4.78, 5) is 14.9. The summed E-state index contributed by atoms with van der Waals surface area (Å²) in [5, 5.41) is 10.8. The lowest BCUT2D eigenvalue weighted by atomic mass is 10.2.